The lowest BCUT2D eigenvalue weighted by Crippen LogP contribution is -2.20. The van der Waals surface area contributed by atoms with E-state index in [4.69, 9.17) is 0 Å². The quantitative estimate of drug-likeness (QED) is 0.638. The number of pyridine rings is 1. The van der Waals surface area contributed by atoms with E-state index in [2.05, 4.69) is 15.5 Å². The zero-order chi connectivity index (χ0) is 18.5. The number of aromatic nitrogens is 1. The smallest absolute Gasteiger partial charge is 0.272 e. The Labute approximate surface area is 149 Å². The zero-order valence-electron chi connectivity index (χ0n) is 13.9. The number of nitrogens with one attached hydrogen (secondary N) is 1. The van der Waals surface area contributed by atoms with Gasteiger partial charge in [-0.3, -0.25) is 30.6 Å². The number of benzene rings is 1. The molecule has 0 saturated heterocycles. The minimum absolute atomic E-state index is 0.0644. The van der Waals surface area contributed by atoms with Crippen molar-refractivity contribution in [1.29, 1.82) is 0 Å². The van der Waals surface area contributed by atoms with Gasteiger partial charge >= 0.3 is 5.69 Å². The molecule has 1 aliphatic rings. The van der Waals surface area contributed by atoms with Crippen LogP contribution in [0.1, 0.15) is 37.3 Å². The largest absolute Gasteiger partial charge is 0.301 e. The van der Waals surface area contributed by atoms with Gasteiger partial charge in [-0.25, -0.2) is 0 Å². The van der Waals surface area contributed by atoms with Gasteiger partial charge in [0, 0.05) is 29.6 Å². The van der Waals surface area contributed by atoms with Crippen molar-refractivity contribution in [3.05, 3.63) is 68.5 Å². The van der Waals surface area contributed by atoms with Crippen molar-refractivity contribution in [2.45, 2.75) is 31.6 Å². The first kappa shape index (κ1) is 17.5. The summed E-state index contributed by atoms with van der Waals surface area (Å²) in [4.78, 5) is 25.1. The SMILES string of the molecule is O=[N+]([O-])c1ccc(NN=C2CCCC[C@@H]2c2ccccn2)c([N+](=O)[O-])c1. The third-order valence-corrected chi connectivity index (χ3v) is 4.33. The van der Waals surface area contributed by atoms with Crippen LogP contribution in [0.5, 0.6) is 0 Å². The van der Waals surface area contributed by atoms with Crippen LogP contribution in [0.4, 0.5) is 17.1 Å². The highest BCUT2D eigenvalue weighted by Gasteiger charge is 2.24. The molecule has 1 saturated carbocycles. The molecule has 1 N–H and O–H groups in total. The molecular weight excluding hydrogens is 338 g/mol. The topological polar surface area (TPSA) is 124 Å². The Morgan fingerprint density at radius 3 is 2.65 bits per heavy atom. The molecule has 2 aromatic rings. The number of hydrazone groups is 1. The summed E-state index contributed by atoms with van der Waals surface area (Å²) in [5.74, 6) is 0.0644. The van der Waals surface area contributed by atoms with E-state index in [-0.39, 0.29) is 23.0 Å². The maximum absolute atomic E-state index is 11.2. The fraction of sp³-hybridized carbons (Fsp3) is 0.294. The van der Waals surface area contributed by atoms with Gasteiger partial charge in [0.25, 0.3) is 5.69 Å². The van der Waals surface area contributed by atoms with Crippen LogP contribution in [-0.2, 0) is 0 Å². The Hall–Kier alpha value is -3.36. The maximum atomic E-state index is 11.2. The summed E-state index contributed by atoms with van der Waals surface area (Å²) in [6.45, 7) is 0. The molecular formula is C17H17N5O4. The van der Waals surface area contributed by atoms with Crippen LogP contribution < -0.4 is 5.43 Å². The van der Waals surface area contributed by atoms with Gasteiger partial charge < -0.3 is 0 Å². The molecule has 1 heterocycles. The number of anilines is 1. The minimum Gasteiger partial charge on any atom is -0.272 e. The third kappa shape index (κ3) is 3.82. The average Bonchev–Trinajstić information content (AvgIpc) is 2.67. The third-order valence-electron chi connectivity index (χ3n) is 4.33. The van der Waals surface area contributed by atoms with Crippen LogP contribution >= 0.6 is 0 Å². The lowest BCUT2D eigenvalue weighted by Gasteiger charge is -2.23. The molecule has 3 rings (SSSR count). The molecule has 9 heteroatoms. The van der Waals surface area contributed by atoms with Crippen molar-refractivity contribution in [3.63, 3.8) is 0 Å². The Morgan fingerprint density at radius 2 is 1.96 bits per heavy atom. The molecule has 0 unspecified atom stereocenters. The first-order chi connectivity index (χ1) is 12.6. The van der Waals surface area contributed by atoms with Crippen molar-refractivity contribution in [2.75, 3.05) is 5.43 Å². The summed E-state index contributed by atoms with van der Waals surface area (Å²) in [6.07, 6.45) is 5.48. The molecule has 0 bridgehead atoms. The molecule has 1 aliphatic carbocycles. The summed E-state index contributed by atoms with van der Waals surface area (Å²) in [5, 5.41) is 26.4. The number of hydrogen-bond acceptors (Lipinski definition) is 7. The monoisotopic (exact) mass is 355 g/mol. The van der Waals surface area contributed by atoms with Gasteiger partial charge in [-0.05, 0) is 37.5 Å². The molecule has 0 radical (unpaired) electrons. The Balaban J connectivity index is 1.88. The number of hydrogen-bond donors (Lipinski definition) is 1. The number of non-ortho nitro benzene ring substituents is 1. The normalized spacial score (nSPS) is 18.5. The molecule has 1 aromatic heterocycles. The zero-order valence-corrected chi connectivity index (χ0v) is 13.9. The van der Waals surface area contributed by atoms with Crippen LogP contribution in [-0.4, -0.2) is 20.5 Å². The Morgan fingerprint density at radius 1 is 1.12 bits per heavy atom. The summed E-state index contributed by atoms with van der Waals surface area (Å²) in [5.41, 5.74) is 3.93. The fourth-order valence-corrected chi connectivity index (χ4v) is 3.04. The highest BCUT2D eigenvalue weighted by Crippen LogP contribution is 2.32. The highest BCUT2D eigenvalue weighted by molar-refractivity contribution is 5.92. The highest BCUT2D eigenvalue weighted by atomic mass is 16.6. The van der Waals surface area contributed by atoms with E-state index in [9.17, 15) is 20.2 Å². The van der Waals surface area contributed by atoms with Crippen LogP contribution in [0.2, 0.25) is 0 Å². The minimum atomic E-state index is -0.666. The van der Waals surface area contributed by atoms with Gasteiger partial charge in [-0.15, -0.1) is 0 Å². The van der Waals surface area contributed by atoms with Gasteiger partial charge in [-0.1, -0.05) is 12.5 Å². The van der Waals surface area contributed by atoms with Gasteiger partial charge in [0.05, 0.1) is 15.9 Å². The van der Waals surface area contributed by atoms with Gasteiger partial charge in [0.2, 0.25) is 0 Å². The fourth-order valence-electron chi connectivity index (χ4n) is 3.04. The summed E-state index contributed by atoms with van der Waals surface area (Å²) < 4.78 is 0. The van der Waals surface area contributed by atoms with E-state index in [1.807, 2.05) is 18.2 Å². The second kappa shape index (κ2) is 7.68. The Kier molecular flexibility index (Phi) is 5.16. The van der Waals surface area contributed by atoms with Crippen molar-refractivity contribution >= 4 is 22.8 Å². The predicted molar refractivity (Wildman–Crippen MR) is 96.3 cm³/mol. The van der Waals surface area contributed by atoms with E-state index in [1.54, 1.807) is 6.20 Å². The lowest BCUT2D eigenvalue weighted by molar-refractivity contribution is -0.393. The standard InChI is InChI=1S/C17H17N5O4/c23-21(24)12-8-9-16(17(11-12)22(25)26)20-19-15-7-2-1-5-13(15)14-6-3-4-10-18-14/h3-4,6,8-11,13,20H,1-2,5,7H2/t13-/m1/s1. The molecule has 0 amide bonds. The van der Waals surface area contributed by atoms with Crippen molar-refractivity contribution in [1.82, 2.24) is 4.98 Å². The Bertz CT molecular complexity index is 853. The van der Waals surface area contributed by atoms with Crippen molar-refractivity contribution in [2.24, 2.45) is 5.10 Å². The van der Waals surface area contributed by atoms with Crippen molar-refractivity contribution < 1.29 is 9.85 Å². The maximum Gasteiger partial charge on any atom is 0.301 e. The number of nitrogens with zero attached hydrogens (tertiary/aromatic N) is 4. The first-order valence-electron chi connectivity index (χ1n) is 8.22. The van der Waals surface area contributed by atoms with Crippen LogP contribution in [0.3, 0.4) is 0 Å². The van der Waals surface area contributed by atoms with Gasteiger partial charge in [0.15, 0.2) is 0 Å². The van der Waals surface area contributed by atoms with E-state index < -0.39 is 9.85 Å². The second-order valence-electron chi connectivity index (χ2n) is 5.98. The van der Waals surface area contributed by atoms with Gasteiger partial charge in [0.1, 0.15) is 5.69 Å². The van der Waals surface area contributed by atoms with E-state index in [1.165, 1.54) is 12.1 Å². The van der Waals surface area contributed by atoms with E-state index >= 15 is 0 Å². The molecule has 26 heavy (non-hydrogen) atoms. The van der Waals surface area contributed by atoms with E-state index in [0.717, 1.165) is 43.2 Å². The molecule has 1 atom stereocenters. The molecule has 134 valence electrons. The second-order valence-corrected chi connectivity index (χ2v) is 5.98. The summed E-state index contributed by atoms with van der Waals surface area (Å²) in [7, 11) is 0. The molecule has 0 spiro atoms. The van der Waals surface area contributed by atoms with Crippen molar-refractivity contribution in [3.8, 4) is 0 Å². The van der Waals surface area contributed by atoms with Gasteiger partial charge in [-0.2, -0.15) is 5.10 Å². The number of nitro benzene ring substituents is 2. The molecule has 1 aromatic carbocycles. The van der Waals surface area contributed by atoms with Crippen LogP contribution in [0.15, 0.2) is 47.7 Å². The van der Waals surface area contributed by atoms with Crippen LogP contribution in [0, 0.1) is 20.2 Å². The molecule has 9 nitrogen and oxygen atoms in total. The summed E-state index contributed by atoms with van der Waals surface area (Å²) >= 11 is 0. The first-order valence-corrected chi connectivity index (χ1v) is 8.22. The predicted octanol–water partition coefficient (Wildman–Crippen LogP) is 4.02. The number of rotatable bonds is 5. The molecule has 1 fully saturated rings. The lowest BCUT2D eigenvalue weighted by atomic mass is 9.85. The number of nitro groups is 2. The van der Waals surface area contributed by atoms with Crippen LogP contribution in [0.25, 0.3) is 0 Å². The average molecular weight is 355 g/mol. The summed E-state index contributed by atoms with van der Waals surface area (Å²) in [6, 6.07) is 9.16. The molecule has 0 aliphatic heterocycles. The van der Waals surface area contributed by atoms with E-state index in [0.29, 0.717) is 0 Å².